The van der Waals surface area contributed by atoms with Crippen molar-refractivity contribution in [3.05, 3.63) is 34.5 Å². The quantitative estimate of drug-likeness (QED) is 0.695. The van der Waals surface area contributed by atoms with Crippen LogP contribution in [0.4, 0.5) is 10.5 Å². The van der Waals surface area contributed by atoms with E-state index in [1.54, 1.807) is 0 Å². The number of nitrogens with one attached hydrogen (secondary N) is 3. The fourth-order valence-electron chi connectivity index (χ4n) is 2.34. The number of urea groups is 1. The molecule has 0 aliphatic heterocycles. The number of carbonyl (C=O) groups excluding carboxylic acids is 1. The topological polar surface area (TPSA) is 107 Å². The largest absolute Gasteiger partial charge is 0.477 e. The Morgan fingerprint density at radius 3 is 2.76 bits per heavy atom. The van der Waals surface area contributed by atoms with Gasteiger partial charge in [0.25, 0.3) is 0 Å². The van der Waals surface area contributed by atoms with Crippen LogP contribution in [0.5, 0.6) is 0 Å². The Hall–Kier alpha value is -2.35. The lowest BCUT2D eigenvalue weighted by Crippen LogP contribution is -2.52. The Labute approximate surface area is 124 Å². The number of aromatic nitrogens is 2. The molecule has 21 heavy (non-hydrogen) atoms. The maximum atomic E-state index is 12.1. The number of carboxylic acid groups (broad SMARTS) is 1. The van der Waals surface area contributed by atoms with E-state index in [1.165, 1.54) is 17.5 Å². The molecule has 8 heteroatoms. The number of anilines is 1. The van der Waals surface area contributed by atoms with E-state index in [9.17, 15) is 9.59 Å². The van der Waals surface area contributed by atoms with Gasteiger partial charge in [0.15, 0.2) is 0 Å². The third-order valence-corrected chi connectivity index (χ3v) is 4.28. The summed E-state index contributed by atoms with van der Waals surface area (Å²) in [4.78, 5) is 29.8. The number of carboxylic acids is 1. The minimum atomic E-state index is -1.06. The van der Waals surface area contributed by atoms with Gasteiger partial charge in [-0.25, -0.2) is 14.6 Å². The van der Waals surface area contributed by atoms with Crippen LogP contribution in [-0.4, -0.2) is 27.1 Å². The fraction of sp³-hybridized carbons (Fsp3) is 0.308. The Bertz CT molecular complexity index is 661. The summed E-state index contributed by atoms with van der Waals surface area (Å²) < 4.78 is 0. The van der Waals surface area contributed by atoms with Crippen LogP contribution in [0, 0.1) is 0 Å². The molecule has 0 spiro atoms. The second-order valence-corrected chi connectivity index (χ2v) is 5.76. The van der Waals surface area contributed by atoms with Gasteiger partial charge in [0.1, 0.15) is 11.5 Å². The van der Waals surface area contributed by atoms with Crippen molar-refractivity contribution in [3.63, 3.8) is 0 Å². The summed E-state index contributed by atoms with van der Waals surface area (Å²) in [6.07, 6.45) is 3.70. The lowest BCUT2D eigenvalue weighted by atomic mass is 9.76. The Morgan fingerprint density at radius 2 is 2.24 bits per heavy atom. The third kappa shape index (κ3) is 2.62. The van der Waals surface area contributed by atoms with Crippen molar-refractivity contribution in [3.8, 4) is 0 Å². The second-order valence-electron chi connectivity index (χ2n) is 4.98. The SMILES string of the molecule is O=C(Nc1ccsc1)NC1(c2ncc(C(=O)O)[nH]2)CCC1. The first-order valence-electron chi connectivity index (χ1n) is 6.49. The van der Waals surface area contributed by atoms with Gasteiger partial charge in [-0.1, -0.05) is 0 Å². The zero-order chi connectivity index (χ0) is 14.9. The summed E-state index contributed by atoms with van der Waals surface area (Å²) in [6, 6.07) is 1.49. The molecule has 1 aliphatic rings. The van der Waals surface area contributed by atoms with Gasteiger partial charge in [-0.05, 0) is 30.7 Å². The van der Waals surface area contributed by atoms with Gasteiger partial charge in [0.05, 0.1) is 17.4 Å². The molecule has 2 aromatic heterocycles. The van der Waals surface area contributed by atoms with E-state index in [-0.39, 0.29) is 11.7 Å². The molecule has 0 radical (unpaired) electrons. The smallest absolute Gasteiger partial charge is 0.353 e. The van der Waals surface area contributed by atoms with Crippen molar-refractivity contribution >= 4 is 29.0 Å². The normalized spacial score (nSPS) is 16.0. The lowest BCUT2D eigenvalue weighted by Gasteiger charge is -2.40. The molecule has 1 saturated carbocycles. The van der Waals surface area contributed by atoms with Gasteiger partial charge in [-0.15, -0.1) is 0 Å². The highest BCUT2D eigenvalue weighted by atomic mass is 32.1. The van der Waals surface area contributed by atoms with Gasteiger partial charge in [-0.3, -0.25) is 0 Å². The first kappa shape index (κ1) is 13.6. The van der Waals surface area contributed by atoms with E-state index in [2.05, 4.69) is 20.6 Å². The molecule has 0 saturated heterocycles. The monoisotopic (exact) mass is 306 g/mol. The molecule has 0 atom stereocenters. The first-order valence-corrected chi connectivity index (χ1v) is 7.43. The minimum Gasteiger partial charge on any atom is -0.477 e. The molecular weight excluding hydrogens is 292 g/mol. The molecule has 1 aliphatic carbocycles. The number of thiophene rings is 1. The first-order chi connectivity index (χ1) is 10.1. The standard InChI is InChI=1S/C13H14N4O3S/c18-10(19)9-6-14-11(16-9)13(3-1-4-13)17-12(20)15-8-2-5-21-7-8/h2,5-7H,1,3-4H2,(H,14,16)(H,18,19)(H2,15,17,20). The van der Waals surface area contributed by atoms with Gasteiger partial charge in [-0.2, -0.15) is 11.3 Å². The molecule has 2 aromatic rings. The van der Waals surface area contributed by atoms with Crippen LogP contribution in [0.15, 0.2) is 23.0 Å². The molecule has 2 heterocycles. The van der Waals surface area contributed by atoms with Crippen molar-refractivity contribution in [1.29, 1.82) is 0 Å². The maximum absolute atomic E-state index is 12.1. The maximum Gasteiger partial charge on any atom is 0.353 e. The number of hydrogen-bond acceptors (Lipinski definition) is 4. The highest BCUT2D eigenvalue weighted by molar-refractivity contribution is 7.08. The highest BCUT2D eigenvalue weighted by Crippen LogP contribution is 2.39. The number of aromatic amines is 1. The van der Waals surface area contributed by atoms with E-state index in [0.29, 0.717) is 5.82 Å². The van der Waals surface area contributed by atoms with Crippen LogP contribution < -0.4 is 10.6 Å². The predicted octanol–water partition coefficient (Wildman–Crippen LogP) is 2.37. The molecule has 4 N–H and O–H groups in total. The van der Waals surface area contributed by atoms with Crippen LogP contribution in [-0.2, 0) is 5.54 Å². The molecule has 7 nitrogen and oxygen atoms in total. The zero-order valence-corrected chi connectivity index (χ0v) is 11.9. The number of rotatable bonds is 4. The molecule has 0 bridgehead atoms. The number of nitrogens with zero attached hydrogens (tertiary/aromatic N) is 1. The summed E-state index contributed by atoms with van der Waals surface area (Å²) in [5.74, 6) is -0.572. The molecule has 2 amide bonds. The van der Waals surface area contributed by atoms with Crippen molar-refractivity contribution in [2.24, 2.45) is 0 Å². The highest BCUT2D eigenvalue weighted by Gasteiger charge is 2.43. The van der Waals surface area contributed by atoms with Crippen LogP contribution in [0.2, 0.25) is 0 Å². The van der Waals surface area contributed by atoms with Crippen LogP contribution in [0.25, 0.3) is 0 Å². The molecular formula is C13H14N4O3S. The Kier molecular flexibility index (Phi) is 3.38. The summed E-state index contributed by atoms with van der Waals surface area (Å²) >= 11 is 1.50. The average Bonchev–Trinajstić information content (AvgIpc) is 3.04. The molecule has 0 aromatic carbocycles. The summed E-state index contributed by atoms with van der Waals surface area (Å²) in [6.45, 7) is 0. The van der Waals surface area contributed by atoms with Gasteiger partial charge >= 0.3 is 12.0 Å². The van der Waals surface area contributed by atoms with Crippen LogP contribution >= 0.6 is 11.3 Å². The summed E-state index contributed by atoms with van der Waals surface area (Å²) in [7, 11) is 0. The third-order valence-electron chi connectivity index (χ3n) is 3.60. The van der Waals surface area contributed by atoms with E-state index in [4.69, 9.17) is 5.11 Å². The number of amides is 2. The van der Waals surface area contributed by atoms with Gasteiger partial charge in [0, 0.05) is 5.38 Å². The second kappa shape index (κ2) is 5.21. The summed E-state index contributed by atoms with van der Waals surface area (Å²) in [5.41, 5.74) is 0.155. The Balaban J connectivity index is 1.73. The van der Waals surface area contributed by atoms with E-state index >= 15 is 0 Å². The molecule has 0 unspecified atom stereocenters. The fourth-order valence-corrected chi connectivity index (χ4v) is 2.93. The Morgan fingerprint density at radius 1 is 1.43 bits per heavy atom. The van der Waals surface area contributed by atoms with Gasteiger partial charge < -0.3 is 20.7 Å². The van der Waals surface area contributed by atoms with Crippen LogP contribution in [0.3, 0.4) is 0 Å². The van der Waals surface area contributed by atoms with Crippen molar-refractivity contribution in [1.82, 2.24) is 15.3 Å². The van der Waals surface area contributed by atoms with Gasteiger partial charge in [0.2, 0.25) is 0 Å². The predicted molar refractivity (Wildman–Crippen MR) is 77.5 cm³/mol. The van der Waals surface area contributed by atoms with E-state index < -0.39 is 11.5 Å². The zero-order valence-electron chi connectivity index (χ0n) is 11.0. The number of imidazole rings is 1. The number of carbonyl (C=O) groups is 2. The lowest BCUT2D eigenvalue weighted by molar-refractivity contribution is 0.0690. The van der Waals surface area contributed by atoms with Crippen molar-refractivity contribution < 1.29 is 14.7 Å². The number of H-pyrrole nitrogens is 1. The average molecular weight is 306 g/mol. The molecule has 110 valence electrons. The van der Waals surface area contributed by atoms with E-state index in [1.807, 2.05) is 16.8 Å². The van der Waals surface area contributed by atoms with Crippen molar-refractivity contribution in [2.75, 3.05) is 5.32 Å². The minimum absolute atomic E-state index is 0.0244. The number of aromatic carboxylic acids is 1. The van der Waals surface area contributed by atoms with Crippen molar-refractivity contribution in [2.45, 2.75) is 24.8 Å². The summed E-state index contributed by atoms with van der Waals surface area (Å²) in [5, 5.41) is 18.3. The van der Waals surface area contributed by atoms with Crippen LogP contribution in [0.1, 0.15) is 35.6 Å². The number of hydrogen-bond donors (Lipinski definition) is 4. The molecule has 1 fully saturated rings. The molecule has 3 rings (SSSR count). The van der Waals surface area contributed by atoms with E-state index in [0.717, 1.165) is 24.9 Å².